The normalized spacial score (nSPS) is 22.1. The molecule has 2 amide bonds. The van der Waals surface area contributed by atoms with Gasteiger partial charge in [0.25, 0.3) is 11.5 Å². The number of methoxy groups -OCH3 is 1. The highest BCUT2D eigenvalue weighted by molar-refractivity contribution is 6.00. The van der Waals surface area contributed by atoms with Gasteiger partial charge in [-0.15, -0.1) is 0 Å². The van der Waals surface area contributed by atoms with Crippen molar-refractivity contribution in [1.29, 1.82) is 0 Å². The molecular weight excluding hydrogens is 510 g/mol. The van der Waals surface area contributed by atoms with Gasteiger partial charge in [0.05, 0.1) is 30.4 Å². The van der Waals surface area contributed by atoms with Gasteiger partial charge in [0, 0.05) is 31.8 Å². The molecular formula is C30H37N5O5. The van der Waals surface area contributed by atoms with Crippen molar-refractivity contribution in [3.8, 4) is 17.3 Å². The molecule has 2 aromatic heterocycles. The number of ether oxygens (including phenoxy) is 2. The molecule has 6 rings (SSSR count). The molecule has 40 heavy (non-hydrogen) atoms. The van der Waals surface area contributed by atoms with Crippen LogP contribution >= 0.6 is 0 Å². The third-order valence-electron chi connectivity index (χ3n) is 8.35. The van der Waals surface area contributed by atoms with Gasteiger partial charge in [-0.1, -0.05) is 6.07 Å². The Bertz CT molecular complexity index is 1550. The number of hydrogen-bond donors (Lipinski definition) is 1. The van der Waals surface area contributed by atoms with Gasteiger partial charge in [-0.2, -0.15) is 0 Å². The van der Waals surface area contributed by atoms with Crippen LogP contribution in [0.5, 0.6) is 5.75 Å². The molecule has 212 valence electrons. The number of carbonyl (C=O) groups is 2. The second-order valence-electron chi connectivity index (χ2n) is 12.4. The molecule has 1 N–H and O–H groups in total. The Morgan fingerprint density at radius 3 is 2.60 bits per heavy atom. The van der Waals surface area contributed by atoms with Crippen LogP contribution in [-0.4, -0.2) is 62.4 Å². The number of likely N-dealkylation sites (tertiary alicyclic amines) is 1. The smallest absolute Gasteiger partial charge is 0.407 e. The average molecular weight is 548 g/mol. The maximum absolute atomic E-state index is 13.8. The van der Waals surface area contributed by atoms with E-state index in [2.05, 4.69) is 5.32 Å². The van der Waals surface area contributed by atoms with Crippen LogP contribution in [0.3, 0.4) is 0 Å². The zero-order valence-electron chi connectivity index (χ0n) is 23.8. The molecule has 10 heteroatoms. The second-order valence-corrected chi connectivity index (χ2v) is 12.4. The summed E-state index contributed by atoms with van der Waals surface area (Å²) in [6, 6.07) is 8.61. The Labute approximate surface area is 233 Å². The Morgan fingerprint density at radius 1 is 1.12 bits per heavy atom. The Balaban J connectivity index is 1.31. The van der Waals surface area contributed by atoms with Gasteiger partial charge in [-0.3, -0.25) is 9.59 Å². The molecule has 2 aliphatic carbocycles. The number of piperidine rings is 1. The van der Waals surface area contributed by atoms with Crippen molar-refractivity contribution in [3.63, 3.8) is 0 Å². The molecule has 1 saturated heterocycles. The van der Waals surface area contributed by atoms with Gasteiger partial charge in [-0.25, -0.2) is 9.78 Å². The third kappa shape index (κ3) is 4.73. The highest BCUT2D eigenvalue weighted by Crippen LogP contribution is 2.40. The summed E-state index contributed by atoms with van der Waals surface area (Å²) in [6.45, 7) is 6.76. The summed E-state index contributed by atoms with van der Waals surface area (Å²) in [4.78, 5) is 45.9. The van der Waals surface area contributed by atoms with Crippen LogP contribution in [0, 0.1) is 11.8 Å². The van der Waals surface area contributed by atoms with E-state index in [1.165, 1.54) is 0 Å². The van der Waals surface area contributed by atoms with Crippen molar-refractivity contribution in [2.24, 2.45) is 18.9 Å². The lowest BCUT2D eigenvalue weighted by Crippen LogP contribution is -2.46. The van der Waals surface area contributed by atoms with E-state index in [-0.39, 0.29) is 29.5 Å². The minimum Gasteiger partial charge on any atom is -0.494 e. The van der Waals surface area contributed by atoms with Gasteiger partial charge in [-0.05, 0) is 76.5 Å². The Kier molecular flexibility index (Phi) is 6.39. The monoisotopic (exact) mass is 547 g/mol. The number of pyridine rings is 1. The van der Waals surface area contributed by atoms with Gasteiger partial charge in [0.1, 0.15) is 16.9 Å². The second kappa shape index (κ2) is 9.67. The largest absolute Gasteiger partial charge is 0.494 e. The number of nitrogens with one attached hydrogen (secondary N) is 1. The quantitative estimate of drug-likeness (QED) is 0.501. The van der Waals surface area contributed by atoms with Crippen LogP contribution in [-0.2, 0) is 18.3 Å². The number of alkyl carbamates (subject to hydrolysis) is 1. The lowest BCUT2D eigenvalue weighted by atomic mass is 10.1. The molecule has 10 nitrogen and oxygen atoms in total. The minimum atomic E-state index is -0.586. The van der Waals surface area contributed by atoms with Crippen LogP contribution < -0.4 is 15.6 Å². The number of imidazole rings is 1. The van der Waals surface area contributed by atoms with Gasteiger partial charge < -0.3 is 28.8 Å². The number of aryl methyl sites for hydroxylation is 1. The molecule has 3 aliphatic rings. The van der Waals surface area contributed by atoms with Crippen LogP contribution in [0.25, 0.3) is 22.6 Å². The summed E-state index contributed by atoms with van der Waals surface area (Å²) >= 11 is 0. The fourth-order valence-corrected chi connectivity index (χ4v) is 6.34. The number of nitrogens with zero attached hydrogens (tertiary/aromatic N) is 4. The molecule has 0 unspecified atom stereocenters. The summed E-state index contributed by atoms with van der Waals surface area (Å²) in [7, 11) is 3.49. The van der Waals surface area contributed by atoms with Crippen molar-refractivity contribution in [2.75, 3.05) is 13.7 Å². The first-order valence-corrected chi connectivity index (χ1v) is 14.1. The first-order valence-electron chi connectivity index (χ1n) is 14.1. The lowest BCUT2D eigenvalue weighted by Gasteiger charge is -2.28. The molecule has 3 atom stereocenters. The van der Waals surface area contributed by atoms with Crippen LogP contribution in [0.2, 0.25) is 0 Å². The third-order valence-corrected chi connectivity index (χ3v) is 8.35. The molecule has 1 aromatic carbocycles. The number of amides is 2. The van der Waals surface area contributed by atoms with Crippen molar-refractivity contribution in [1.82, 2.24) is 24.3 Å². The van der Waals surface area contributed by atoms with Crippen molar-refractivity contribution >= 4 is 23.0 Å². The van der Waals surface area contributed by atoms with Gasteiger partial charge in [0.15, 0.2) is 5.82 Å². The van der Waals surface area contributed by atoms with Crippen molar-refractivity contribution < 1.29 is 19.1 Å². The van der Waals surface area contributed by atoms with E-state index in [0.717, 1.165) is 36.9 Å². The van der Waals surface area contributed by atoms with Crippen molar-refractivity contribution in [3.05, 3.63) is 46.2 Å². The van der Waals surface area contributed by atoms with E-state index in [1.807, 2.05) is 43.4 Å². The average Bonchev–Trinajstić information content (AvgIpc) is 3.45. The Morgan fingerprint density at radius 2 is 1.90 bits per heavy atom. The predicted octanol–water partition coefficient (Wildman–Crippen LogP) is 3.95. The van der Waals surface area contributed by atoms with Crippen LogP contribution in [0.1, 0.15) is 56.8 Å². The van der Waals surface area contributed by atoms with E-state index in [1.54, 1.807) is 35.9 Å². The Hall–Kier alpha value is -3.82. The zero-order valence-corrected chi connectivity index (χ0v) is 23.8. The first-order chi connectivity index (χ1) is 19.0. The molecule has 2 saturated carbocycles. The SMILES string of the molecule is COc1cc(C(=O)N2C[C@H]3CC[C@@H]2[C@@H]3NC(=O)OC(C)(C)C)cc2nc(-c3cccc(=O)n3CC3CC3)n(C)c12. The summed E-state index contributed by atoms with van der Waals surface area (Å²) < 4.78 is 15.0. The zero-order chi connectivity index (χ0) is 28.3. The van der Waals surface area contributed by atoms with Gasteiger partial charge in [0.2, 0.25) is 0 Å². The number of benzene rings is 1. The standard InChI is InChI=1S/C30H37N5O5/c1-30(2,3)40-29(38)32-25-18-11-12-21(25)35(16-18)28(37)19-13-20-26(23(14-19)39-5)33(4)27(31-20)22-7-6-8-24(36)34(22)15-17-9-10-17/h6-8,13-14,17-18,21,25H,9-12,15-16H2,1-5H3,(H,32,38)/t18-,21-,25-/m1/s1. The first kappa shape index (κ1) is 26.4. The fourth-order valence-electron chi connectivity index (χ4n) is 6.34. The minimum absolute atomic E-state index is 0.0436. The van der Waals surface area contributed by atoms with Crippen molar-refractivity contribution in [2.45, 2.75) is 70.7 Å². The number of carbonyl (C=O) groups excluding carboxylic acids is 2. The molecule has 1 aliphatic heterocycles. The number of fused-ring (bicyclic) bond motifs is 3. The van der Waals surface area contributed by atoms with Crippen LogP contribution in [0.4, 0.5) is 4.79 Å². The van der Waals surface area contributed by atoms with E-state index in [9.17, 15) is 14.4 Å². The maximum atomic E-state index is 13.8. The predicted molar refractivity (Wildman–Crippen MR) is 150 cm³/mol. The lowest BCUT2D eigenvalue weighted by molar-refractivity contribution is 0.0485. The molecule has 3 heterocycles. The number of rotatable bonds is 6. The molecule has 3 aromatic rings. The van der Waals surface area contributed by atoms with Gasteiger partial charge >= 0.3 is 6.09 Å². The topological polar surface area (TPSA) is 108 Å². The number of hydrogen-bond acceptors (Lipinski definition) is 6. The fraction of sp³-hybridized carbons (Fsp3) is 0.533. The van der Waals surface area contributed by atoms with E-state index >= 15 is 0 Å². The van der Waals surface area contributed by atoms with Crippen LogP contribution in [0.15, 0.2) is 35.1 Å². The number of aromatic nitrogens is 3. The highest BCUT2D eigenvalue weighted by atomic mass is 16.6. The summed E-state index contributed by atoms with van der Waals surface area (Å²) in [5.74, 6) is 1.80. The van der Waals surface area contributed by atoms with E-state index in [0.29, 0.717) is 41.7 Å². The molecule has 0 spiro atoms. The maximum Gasteiger partial charge on any atom is 0.407 e. The van der Waals surface area contributed by atoms with E-state index < -0.39 is 11.7 Å². The molecule has 3 fully saturated rings. The molecule has 0 radical (unpaired) electrons. The summed E-state index contributed by atoms with van der Waals surface area (Å²) in [5, 5.41) is 3.02. The highest BCUT2D eigenvalue weighted by Gasteiger charge is 2.50. The summed E-state index contributed by atoms with van der Waals surface area (Å²) in [6.07, 6.45) is 3.61. The molecule has 2 bridgehead atoms. The van der Waals surface area contributed by atoms with E-state index in [4.69, 9.17) is 14.5 Å². The summed E-state index contributed by atoms with van der Waals surface area (Å²) in [5.41, 5.74) is 1.99.